The van der Waals surface area contributed by atoms with Crippen LogP contribution in [0.1, 0.15) is 47.8 Å². The fourth-order valence-electron chi connectivity index (χ4n) is 3.84. The van der Waals surface area contributed by atoms with E-state index in [0.717, 1.165) is 17.7 Å². The van der Waals surface area contributed by atoms with Crippen LogP contribution in [0.25, 0.3) is 0 Å². The van der Waals surface area contributed by atoms with Crippen LogP contribution in [0.5, 0.6) is 5.75 Å². The Labute approximate surface area is 152 Å². The van der Waals surface area contributed by atoms with E-state index in [4.69, 9.17) is 9.15 Å². The zero-order valence-corrected chi connectivity index (χ0v) is 14.7. The number of furan rings is 1. The highest BCUT2D eigenvalue weighted by molar-refractivity contribution is 5.91. The van der Waals surface area contributed by atoms with Crippen molar-refractivity contribution in [1.82, 2.24) is 10.2 Å². The third-order valence-corrected chi connectivity index (χ3v) is 5.37. The molecule has 1 fully saturated rings. The maximum Gasteiger partial charge on any atom is 0.287 e. The molecule has 2 aliphatic heterocycles. The van der Waals surface area contributed by atoms with Crippen LogP contribution in [0.4, 0.5) is 0 Å². The SMILES string of the molecule is CN1CC[C@@]2(CCC1=O)C[C@H](NC(=O)c1ccco1)c1ccccc1O2. The minimum absolute atomic E-state index is 0.139. The number of likely N-dealkylation sites (tertiary alicyclic amines) is 1. The lowest BCUT2D eigenvalue weighted by molar-refractivity contribution is -0.129. The molecule has 2 atom stereocenters. The van der Waals surface area contributed by atoms with Crippen molar-refractivity contribution in [3.63, 3.8) is 0 Å². The molecule has 1 aromatic carbocycles. The summed E-state index contributed by atoms with van der Waals surface area (Å²) in [5.41, 5.74) is 0.512. The Bertz CT molecular complexity index is 817. The van der Waals surface area contributed by atoms with E-state index in [-0.39, 0.29) is 17.9 Å². The smallest absolute Gasteiger partial charge is 0.287 e. The number of para-hydroxylation sites is 1. The van der Waals surface area contributed by atoms with E-state index < -0.39 is 5.60 Å². The molecule has 2 aliphatic rings. The highest BCUT2D eigenvalue weighted by Gasteiger charge is 2.43. The summed E-state index contributed by atoms with van der Waals surface area (Å²) in [5.74, 6) is 0.966. The first-order chi connectivity index (χ1) is 12.6. The van der Waals surface area contributed by atoms with Crippen LogP contribution in [0.3, 0.4) is 0 Å². The molecule has 0 saturated carbocycles. The van der Waals surface area contributed by atoms with Gasteiger partial charge in [0.1, 0.15) is 11.4 Å². The molecule has 1 saturated heterocycles. The van der Waals surface area contributed by atoms with E-state index >= 15 is 0 Å². The lowest BCUT2D eigenvalue weighted by atomic mass is 9.82. The van der Waals surface area contributed by atoms with Gasteiger partial charge in [-0.25, -0.2) is 0 Å². The predicted octanol–water partition coefficient (Wildman–Crippen LogP) is 2.91. The third kappa shape index (κ3) is 3.07. The summed E-state index contributed by atoms with van der Waals surface area (Å²) in [6.07, 6.45) is 3.98. The van der Waals surface area contributed by atoms with Crippen molar-refractivity contribution in [3.8, 4) is 5.75 Å². The number of benzene rings is 1. The van der Waals surface area contributed by atoms with E-state index in [9.17, 15) is 9.59 Å². The first kappa shape index (κ1) is 16.7. The van der Waals surface area contributed by atoms with Gasteiger partial charge in [-0.2, -0.15) is 0 Å². The first-order valence-corrected chi connectivity index (χ1v) is 8.93. The molecule has 4 rings (SSSR count). The number of nitrogens with zero attached hydrogens (tertiary/aromatic N) is 1. The summed E-state index contributed by atoms with van der Waals surface area (Å²) in [6, 6.07) is 10.9. The van der Waals surface area contributed by atoms with Gasteiger partial charge >= 0.3 is 0 Å². The standard InChI is InChI=1S/C20H22N2O4/c1-22-11-10-20(9-8-18(22)23)13-15(14-5-2-3-6-16(14)26-20)21-19(24)17-7-4-12-25-17/h2-7,12,15H,8-11,13H2,1H3,(H,21,24)/t15-,20-/m0/s1. The zero-order valence-electron chi connectivity index (χ0n) is 14.7. The van der Waals surface area contributed by atoms with Crippen LogP contribution in [0.15, 0.2) is 47.1 Å². The first-order valence-electron chi connectivity index (χ1n) is 8.93. The molecule has 0 radical (unpaired) electrons. The van der Waals surface area contributed by atoms with E-state index in [2.05, 4.69) is 5.32 Å². The lowest BCUT2D eigenvalue weighted by Gasteiger charge is -2.42. The topological polar surface area (TPSA) is 71.8 Å². The van der Waals surface area contributed by atoms with Gasteiger partial charge in [0.25, 0.3) is 5.91 Å². The Kier molecular flexibility index (Phi) is 4.18. The third-order valence-electron chi connectivity index (χ3n) is 5.37. The zero-order chi connectivity index (χ0) is 18.1. The number of nitrogens with one attached hydrogen (secondary N) is 1. The Morgan fingerprint density at radius 3 is 2.88 bits per heavy atom. The highest BCUT2D eigenvalue weighted by Crippen LogP contribution is 2.44. The summed E-state index contributed by atoms with van der Waals surface area (Å²) in [7, 11) is 1.83. The van der Waals surface area contributed by atoms with E-state index in [0.29, 0.717) is 31.6 Å². The Balaban J connectivity index is 1.63. The largest absolute Gasteiger partial charge is 0.487 e. The van der Waals surface area contributed by atoms with E-state index in [1.165, 1.54) is 6.26 Å². The summed E-state index contributed by atoms with van der Waals surface area (Å²) in [4.78, 5) is 26.4. The molecule has 3 heterocycles. The fourth-order valence-corrected chi connectivity index (χ4v) is 3.84. The second-order valence-corrected chi connectivity index (χ2v) is 7.10. The maximum absolute atomic E-state index is 12.5. The number of hydrogen-bond donors (Lipinski definition) is 1. The number of fused-ring (bicyclic) bond motifs is 1. The molecular formula is C20H22N2O4. The number of carbonyl (C=O) groups excluding carboxylic acids is 2. The molecule has 2 amide bonds. The molecule has 26 heavy (non-hydrogen) atoms. The van der Waals surface area contributed by atoms with E-state index in [1.807, 2.05) is 31.3 Å². The van der Waals surface area contributed by atoms with Crippen molar-refractivity contribution < 1.29 is 18.7 Å². The molecule has 136 valence electrons. The second-order valence-electron chi connectivity index (χ2n) is 7.10. The summed E-state index contributed by atoms with van der Waals surface area (Å²) in [5, 5.41) is 3.08. The van der Waals surface area contributed by atoms with Crippen LogP contribution in [-0.2, 0) is 4.79 Å². The van der Waals surface area contributed by atoms with Crippen molar-refractivity contribution in [2.24, 2.45) is 0 Å². The molecule has 0 aliphatic carbocycles. The van der Waals surface area contributed by atoms with Crippen LogP contribution in [0, 0.1) is 0 Å². The number of carbonyl (C=O) groups is 2. The molecule has 2 aromatic rings. The average Bonchev–Trinajstić information content (AvgIpc) is 3.15. The Morgan fingerprint density at radius 1 is 1.23 bits per heavy atom. The van der Waals surface area contributed by atoms with Crippen molar-refractivity contribution >= 4 is 11.8 Å². The summed E-state index contributed by atoms with van der Waals surface area (Å²) >= 11 is 0. The average molecular weight is 354 g/mol. The van der Waals surface area contributed by atoms with Gasteiger partial charge in [0.05, 0.1) is 12.3 Å². The maximum atomic E-state index is 12.5. The molecule has 0 bridgehead atoms. The summed E-state index contributed by atoms with van der Waals surface area (Å²) < 4.78 is 11.6. The molecule has 6 nitrogen and oxygen atoms in total. The number of ether oxygens (including phenoxy) is 1. The van der Waals surface area contributed by atoms with Crippen molar-refractivity contribution in [3.05, 3.63) is 54.0 Å². The van der Waals surface area contributed by atoms with Crippen LogP contribution < -0.4 is 10.1 Å². The van der Waals surface area contributed by atoms with Gasteiger partial charge in [-0.05, 0) is 24.6 Å². The normalized spacial score (nSPS) is 25.3. The van der Waals surface area contributed by atoms with Gasteiger partial charge in [-0.15, -0.1) is 0 Å². The number of hydrogen-bond acceptors (Lipinski definition) is 4. The second kappa shape index (κ2) is 6.52. The lowest BCUT2D eigenvalue weighted by Crippen LogP contribution is -2.45. The minimum Gasteiger partial charge on any atom is -0.487 e. The highest BCUT2D eigenvalue weighted by atomic mass is 16.5. The Hall–Kier alpha value is -2.76. The van der Waals surface area contributed by atoms with Gasteiger partial charge < -0.3 is 19.4 Å². The monoisotopic (exact) mass is 354 g/mol. The van der Waals surface area contributed by atoms with E-state index in [1.54, 1.807) is 17.0 Å². The fraction of sp³-hybridized carbons (Fsp3) is 0.400. The molecule has 1 N–H and O–H groups in total. The molecule has 6 heteroatoms. The van der Waals surface area contributed by atoms with Gasteiger partial charge in [-0.1, -0.05) is 18.2 Å². The van der Waals surface area contributed by atoms with Crippen LogP contribution in [0.2, 0.25) is 0 Å². The summed E-state index contributed by atoms with van der Waals surface area (Å²) in [6.45, 7) is 0.653. The van der Waals surface area contributed by atoms with Crippen molar-refractivity contribution in [1.29, 1.82) is 0 Å². The van der Waals surface area contributed by atoms with Crippen LogP contribution >= 0.6 is 0 Å². The Morgan fingerprint density at radius 2 is 2.08 bits per heavy atom. The van der Waals surface area contributed by atoms with Crippen LogP contribution in [-0.4, -0.2) is 35.9 Å². The van der Waals surface area contributed by atoms with Gasteiger partial charge in [0.2, 0.25) is 5.91 Å². The number of rotatable bonds is 2. The van der Waals surface area contributed by atoms with Gasteiger partial charge in [0, 0.05) is 38.4 Å². The van der Waals surface area contributed by atoms with Crippen molar-refractivity contribution in [2.75, 3.05) is 13.6 Å². The molecule has 0 unspecified atom stereocenters. The van der Waals surface area contributed by atoms with Gasteiger partial charge in [-0.3, -0.25) is 9.59 Å². The van der Waals surface area contributed by atoms with Crippen molar-refractivity contribution in [2.45, 2.75) is 37.3 Å². The van der Waals surface area contributed by atoms with Gasteiger partial charge in [0.15, 0.2) is 5.76 Å². The molecule has 1 spiro atoms. The molecule has 1 aromatic heterocycles. The molecular weight excluding hydrogens is 332 g/mol. The minimum atomic E-state index is -0.449. The predicted molar refractivity (Wildman–Crippen MR) is 94.8 cm³/mol. The number of amides is 2. The quantitative estimate of drug-likeness (QED) is 0.900.